The smallest absolute Gasteiger partial charge is 0.228 e. The van der Waals surface area contributed by atoms with E-state index in [1.807, 2.05) is 18.2 Å². The Morgan fingerprint density at radius 2 is 2.07 bits per heavy atom. The lowest BCUT2D eigenvalue weighted by Gasteiger charge is -2.36. The van der Waals surface area contributed by atoms with Crippen LogP contribution in [0.3, 0.4) is 0 Å². The minimum Gasteiger partial charge on any atom is -0.316 e. The minimum atomic E-state index is 0.0276. The standard InChI is InChI=1S/C24H28N2OS/c1-4-24(2,3)16-10-11-17-20(14-25)23(28-21(17)12-16)26-22(27)19-13-18(19)15-8-6-5-7-9-15/h5-9,16,18-19H,4,10-13H2,1-3H3,(H,26,27)/t16-,18+,19+/m0/s1. The van der Waals surface area contributed by atoms with Crippen molar-refractivity contribution >= 4 is 22.2 Å². The molecule has 1 saturated carbocycles. The summed E-state index contributed by atoms with van der Waals surface area (Å²) >= 11 is 1.63. The zero-order valence-corrected chi connectivity index (χ0v) is 17.7. The molecule has 0 saturated heterocycles. The van der Waals surface area contributed by atoms with Crippen molar-refractivity contribution < 1.29 is 4.79 Å². The highest BCUT2D eigenvalue weighted by atomic mass is 32.1. The number of fused-ring (bicyclic) bond motifs is 1. The number of anilines is 1. The van der Waals surface area contributed by atoms with Gasteiger partial charge in [-0.25, -0.2) is 0 Å². The number of rotatable bonds is 5. The lowest BCUT2D eigenvalue weighted by atomic mass is 9.69. The molecule has 2 aliphatic rings. The maximum Gasteiger partial charge on any atom is 0.228 e. The lowest BCUT2D eigenvalue weighted by molar-refractivity contribution is -0.117. The van der Waals surface area contributed by atoms with E-state index in [1.165, 1.54) is 16.0 Å². The molecule has 28 heavy (non-hydrogen) atoms. The molecule has 0 aliphatic heterocycles. The van der Waals surface area contributed by atoms with E-state index in [9.17, 15) is 10.1 Å². The summed E-state index contributed by atoms with van der Waals surface area (Å²) in [7, 11) is 0. The summed E-state index contributed by atoms with van der Waals surface area (Å²) in [6.45, 7) is 6.96. The van der Waals surface area contributed by atoms with Crippen LogP contribution in [0.4, 0.5) is 5.00 Å². The van der Waals surface area contributed by atoms with Gasteiger partial charge >= 0.3 is 0 Å². The first-order chi connectivity index (χ1) is 13.4. The zero-order valence-electron chi connectivity index (χ0n) is 16.9. The highest BCUT2D eigenvalue weighted by molar-refractivity contribution is 7.16. The van der Waals surface area contributed by atoms with Crippen LogP contribution in [0.1, 0.15) is 67.5 Å². The molecule has 1 heterocycles. The van der Waals surface area contributed by atoms with Crippen LogP contribution in [0.2, 0.25) is 0 Å². The Balaban J connectivity index is 1.49. The Morgan fingerprint density at radius 3 is 2.75 bits per heavy atom. The predicted molar refractivity (Wildman–Crippen MR) is 115 cm³/mol. The number of carbonyl (C=O) groups excluding carboxylic acids is 1. The topological polar surface area (TPSA) is 52.9 Å². The first-order valence-electron chi connectivity index (χ1n) is 10.3. The molecule has 1 fully saturated rings. The van der Waals surface area contributed by atoms with Gasteiger partial charge in [-0.2, -0.15) is 5.26 Å². The molecular weight excluding hydrogens is 364 g/mol. The van der Waals surface area contributed by atoms with Crippen molar-refractivity contribution in [2.24, 2.45) is 17.3 Å². The van der Waals surface area contributed by atoms with Gasteiger partial charge in [-0.3, -0.25) is 4.79 Å². The summed E-state index contributed by atoms with van der Waals surface area (Å²) in [5, 5.41) is 13.6. The molecular formula is C24H28N2OS. The minimum absolute atomic E-state index is 0.0276. The van der Waals surface area contributed by atoms with Gasteiger partial charge in [-0.05, 0) is 54.1 Å². The Morgan fingerprint density at radius 1 is 1.32 bits per heavy atom. The van der Waals surface area contributed by atoms with Crippen LogP contribution in [0, 0.1) is 28.6 Å². The van der Waals surface area contributed by atoms with Crippen molar-refractivity contribution in [2.75, 3.05) is 5.32 Å². The van der Waals surface area contributed by atoms with Crippen LogP contribution in [-0.2, 0) is 17.6 Å². The molecule has 0 bridgehead atoms. The molecule has 146 valence electrons. The van der Waals surface area contributed by atoms with Gasteiger partial charge in [0, 0.05) is 10.8 Å². The van der Waals surface area contributed by atoms with Gasteiger partial charge in [-0.1, -0.05) is 57.5 Å². The molecule has 2 aliphatic carbocycles. The van der Waals surface area contributed by atoms with Crippen molar-refractivity contribution in [3.63, 3.8) is 0 Å². The number of nitriles is 1. The first-order valence-corrected chi connectivity index (χ1v) is 11.2. The summed E-state index contributed by atoms with van der Waals surface area (Å²) < 4.78 is 0. The highest BCUT2D eigenvalue weighted by Gasteiger charge is 2.44. The Hall–Kier alpha value is -2.12. The van der Waals surface area contributed by atoms with Crippen molar-refractivity contribution in [3.8, 4) is 6.07 Å². The second kappa shape index (κ2) is 7.37. The molecule has 0 spiro atoms. The molecule has 0 unspecified atom stereocenters. The molecule has 1 aromatic heterocycles. The summed E-state index contributed by atoms with van der Waals surface area (Å²) in [5.41, 5.74) is 3.44. The third-order valence-corrected chi connectivity index (χ3v) is 8.15. The van der Waals surface area contributed by atoms with Gasteiger partial charge in [0.25, 0.3) is 0 Å². The van der Waals surface area contributed by atoms with Crippen molar-refractivity contribution in [1.29, 1.82) is 5.26 Å². The fourth-order valence-electron chi connectivity index (χ4n) is 4.51. The van der Waals surface area contributed by atoms with E-state index in [0.29, 0.717) is 22.8 Å². The van der Waals surface area contributed by atoms with E-state index in [4.69, 9.17) is 0 Å². The van der Waals surface area contributed by atoms with Crippen LogP contribution in [0.15, 0.2) is 30.3 Å². The number of benzene rings is 1. The van der Waals surface area contributed by atoms with Gasteiger partial charge < -0.3 is 5.32 Å². The monoisotopic (exact) mass is 392 g/mol. The SMILES string of the molecule is CCC(C)(C)[C@H]1CCc2c(sc(NC(=O)[C@@H]3C[C@@H]3c3ccccc3)c2C#N)C1. The molecule has 0 radical (unpaired) electrons. The van der Waals surface area contributed by atoms with Crippen LogP contribution < -0.4 is 5.32 Å². The van der Waals surface area contributed by atoms with E-state index < -0.39 is 0 Å². The van der Waals surface area contributed by atoms with Crippen molar-refractivity contribution in [3.05, 3.63) is 51.9 Å². The van der Waals surface area contributed by atoms with E-state index in [2.05, 4.69) is 44.3 Å². The van der Waals surface area contributed by atoms with Crippen molar-refractivity contribution in [1.82, 2.24) is 0 Å². The summed E-state index contributed by atoms with van der Waals surface area (Å²) in [6.07, 6.45) is 5.17. The summed E-state index contributed by atoms with van der Waals surface area (Å²) in [5.74, 6) is 1.05. The molecule has 1 N–H and O–H groups in total. The second-order valence-corrected chi connectivity index (χ2v) is 10.1. The van der Waals surface area contributed by atoms with Gasteiger partial charge in [0.15, 0.2) is 0 Å². The Labute approximate surface area is 171 Å². The molecule has 1 aromatic carbocycles. The molecule has 1 amide bonds. The third kappa shape index (κ3) is 3.49. The highest BCUT2D eigenvalue weighted by Crippen LogP contribution is 2.49. The maximum atomic E-state index is 12.8. The van der Waals surface area contributed by atoms with Crippen LogP contribution in [-0.4, -0.2) is 5.91 Å². The first kappa shape index (κ1) is 19.2. The molecule has 2 aromatic rings. The lowest BCUT2D eigenvalue weighted by Crippen LogP contribution is -2.28. The fourth-order valence-corrected chi connectivity index (χ4v) is 5.79. The average molecular weight is 393 g/mol. The van der Waals surface area contributed by atoms with Gasteiger partial charge in [0.05, 0.1) is 5.56 Å². The van der Waals surface area contributed by atoms with E-state index in [1.54, 1.807) is 11.3 Å². The average Bonchev–Trinajstić information content (AvgIpc) is 3.44. The molecule has 3 atom stereocenters. The summed E-state index contributed by atoms with van der Waals surface area (Å²) in [4.78, 5) is 14.1. The summed E-state index contributed by atoms with van der Waals surface area (Å²) in [6, 6.07) is 12.6. The van der Waals surface area contributed by atoms with Crippen LogP contribution >= 0.6 is 11.3 Å². The maximum absolute atomic E-state index is 12.8. The quantitative estimate of drug-likeness (QED) is 0.688. The van der Waals surface area contributed by atoms with E-state index in [-0.39, 0.29) is 11.8 Å². The molecule has 3 nitrogen and oxygen atoms in total. The van der Waals surface area contributed by atoms with Gasteiger partial charge in [-0.15, -0.1) is 11.3 Å². The fraction of sp³-hybridized carbons (Fsp3) is 0.500. The Kier molecular flexibility index (Phi) is 5.05. The largest absolute Gasteiger partial charge is 0.316 e. The number of amides is 1. The second-order valence-electron chi connectivity index (χ2n) is 8.95. The zero-order chi connectivity index (χ0) is 19.9. The number of hydrogen-bond donors (Lipinski definition) is 1. The molecule has 4 heteroatoms. The van der Waals surface area contributed by atoms with E-state index >= 15 is 0 Å². The number of hydrogen-bond acceptors (Lipinski definition) is 3. The van der Waals surface area contributed by atoms with Crippen molar-refractivity contribution in [2.45, 2.75) is 58.8 Å². The van der Waals surface area contributed by atoms with Crippen LogP contribution in [0.25, 0.3) is 0 Å². The van der Waals surface area contributed by atoms with Gasteiger partial charge in [0.1, 0.15) is 11.1 Å². The molecule has 4 rings (SSSR count). The normalized spacial score (nSPS) is 23.6. The Bertz CT molecular complexity index is 922. The number of nitrogens with one attached hydrogen (secondary N) is 1. The number of nitrogens with zero attached hydrogens (tertiary/aromatic N) is 1. The number of carbonyl (C=O) groups is 1. The van der Waals surface area contributed by atoms with Crippen LogP contribution in [0.5, 0.6) is 0 Å². The van der Waals surface area contributed by atoms with E-state index in [0.717, 1.165) is 37.1 Å². The van der Waals surface area contributed by atoms with Gasteiger partial charge in [0.2, 0.25) is 5.91 Å². The third-order valence-electron chi connectivity index (χ3n) is 6.99. The number of thiophene rings is 1. The predicted octanol–water partition coefficient (Wildman–Crippen LogP) is 5.90.